The van der Waals surface area contributed by atoms with Gasteiger partial charge in [0.05, 0.1) is 0 Å². The van der Waals surface area contributed by atoms with Crippen LogP contribution >= 0.6 is 0 Å². The van der Waals surface area contributed by atoms with Gasteiger partial charge in [-0.2, -0.15) is 5.92 Å². The Balaban J connectivity index is -0.0000000762. The molecule has 0 aliphatic heterocycles. The van der Waals surface area contributed by atoms with Crippen molar-refractivity contribution in [2.75, 3.05) is 0 Å². The first kappa shape index (κ1) is 29.2. The van der Waals surface area contributed by atoms with Crippen molar-refractivity contribution in [3.63, 3.8) is 0 Å². The molecule has 0 aromatic heterocycles. The van der Waals surface area contributed by atoms with Crippen molar-refractivity contribution in [2.24, 2.45) is 11.8 Å². The van der Waals surface area contributed by atoms with E-state index in [1.54, 1.807) is 0 Å². The zero-order valence-electron chi connectivity index (χ0n) is 14.8. The summed E-state index contributed by atoms with van der Waals surface area (Å²) in [6.07, 6.45) is 6.02. The molecule has 0 amide bonds. The number of hydrogen-bond acceptors (Lipinski definition) is 2. The molecule has 1 atom stereocenters. The summed E-state index contributed by atoms with van der Waals surface area (Å²) in [6, 6.07) is 0. The molecule has 4 nitrogen and oxygen atoms in total. The number of aliphatic carboxylic acids is 2. The van der Waals surface area contributed by atoms with E-state index in [1.165, 1.54) is 32.1 Å². The predicted molar refractivity (Wildman–Crippen MR) is 73.4 cm³/mol. The van der Waals surface area contributed by atoms with E-state index in [-0.39, 0.29) is 71.7 Å². The molecule has 0 aliphatic rings. The molecule has 1 unspecified atom stereocenters. The predicted octanol–water partition coefficient (Wildman–Crippen LogP) is -2.27. The maximum atomic E-state index is 9.43. The number of unbranched alkanes of at least 4 members (excludes halogenated alkanes) is 3. The van der Waals surface area contributed by atoms with Crippen molar-refractivity contribution in [3.8, 4) is 0 Å². The molecule has 0 aromatic rings. The Bertz CT molecular complexity index is 229. The number of carbonyl (C=O) groups is 2. The summed E-state index contributed by atoms with van der Waals surface area (Å²) in [5, 5.41) is 15.4. The van der Waals surface area contributed by atoms with Crippen molar-refractivity contribution in [1.29, 1.82) is 0 Å². The molecule has 0 aliphatic carbocycles. The van der Waals surface area contributed by atoms with Crippen LogP contribution in [-0.4, -0.2) is 22.2 Å². The van der Waals surface area contributed by atoms with Gasteiger partial charge in [0.15, 0.2) is 0 Å². The van der Waals surface area contributed by atoms with Crippen molar-refractivity contribution < 1.29 is 91.5 Å². The second-order valence-electron chi connectivity index (χ2n) is 4.82. The normalized spacial score (nSPS) is 10.4. The molecule has 0 saturated carbocycles. The minimum absolute atomic E-state index is 0. The third-order valence-corrected chi connectivity index (χ3v) is 2.67. The molecule has 0 aromatic carbocycles. The Hall–Kier alpha value is 1.17. The summed E-state index contributed by atoms with van der Waals surface area (Å²) < 4.78 is 0. The first-order valence-electron chi connectivity index (χ1n) is 6.57. The first-order chi connectivity index (χ1) is 8.31. The number of hydrogen-bond donors (Lipinski definition) is 2. The minimum atomic E-state index is -1.31. The SMILES string of the molecule is O=C(O)CC(=O)O.[CH2-]C(CCCCCC)C(C)C.[H-].[K+].[Li+]. The quantitative estimate of drug-likeness (QED) is 0.229. The Morgan fingerprint density at radius 3 is 1.80 bits per heavy atom. The molecule has 0 bridgehead atoms. The van der Waals surface area contributed by atoms with Crippen molar-refractivity contribution in [3.05, 3.63) is 6.92 Å². The third kappa shape index (κ3) is 27.5. The van der Waals surface area contributed by atoms with Gasteiger partial charge in [-0.05, 0) is 0 Å². The van der Waals surface area contributed by atoms with Gasteiger partial charge in [0.25, 0.3) is 0 Å². The zero-order valence-corrected chi connectivity index (χ0v) is 16.9. The standard InChI is InChI=1S/C11H23.C3H4O4.K.Li.H/c1-5-6-7-8-9-11(4)10(2)3;4-2(5)1-3(6)7;;;/h10-11H,4-9H2,1-3H3;1H2,(H,4,5)(H,6,7);;;/q-1;;2*+1;-1. The minimum Gasteiger partial charge on any atom is -1.00 e. The summed E-state index contributed by atoms with van der Waals surface area (Å²) in [5.74, 6) is -1.19. The second-order valence-corrected chi connectivity index (χ2v) is 4.82. The first-order valence-corrected chi connectivity index (χ1v) is 6.57. The number of carboxylic acid groups (broad SMARTS) is 2. The van der Waals surface area contributed by atoms with E-state index in [2.05, 4.69) is 27.7 Å². The van der Waals surface area contributed by atoms with Gasteiger partial charge < -0.3 is 18.6 Å². The van der Waals surface area contributed by atoms with Crippen molar-refractivity contribution in [2.45, 2.75) is 59.3 Å². The van der Waals surface area contributed by atoms with Crippen molar-refractivity contribution in [1.82, 2.24) is 0 Å². The smallest absolute Gasteiger partial charge is 1.00 e. The molecule has 0 radical (unpaired) electrons. The van der Waals surface area contributed by atoms with Gasteiger partial charge >= 0.3 is 82.2 Å². The summed E-state index contributed by atoms with van der Waals surface area (Å²) in [5.41, 5.74) is 0. The molecule has 0 heterocycles. The number of rotatable bonds is 8. The molecular formula is C14H28KLiO4. The molecule has 0 saturated heterocycles. The Morgan fingerprint density at radius 2 is 1.55 bits per heavy atom. The fraction of sp³-hybridized carbons (Fsp3) is 0.786. The van der Waals surface area contributed by atoms with E-state index < -0.39 is 18.4 Å². The molecule has 20 heavy (non-hydrogen) atoms. The van der Waals surface area contributed by atoms with Gasteiger partial charge in [-0.25, -0.2) is 0 Å². The van der Waals surface area contributed by atoms with E-state index in [0.717, 1.165) is 5.92 Å². The van der Waals surface area contributed by atoms with E-state index in [0.29, 0.717) is 5.92 Å². The summed E-state index contributed by atoms with van der Waals surface area (Å²) in [4.78, 5) is 18.9. The summed E-state index contributed by atoms with van der Waals surface area (Å²) >= 11 is 0. The molecule has 6 heteroatoms. The molecule has 0 fully saturated rings. The number of carboxylic acids is 2. The van der Waals surface area contributed by atoms with Crippen LogP contribution in [0.2, 0.25) is 0 Å². The van der Waals surface area contributed by atoms with Gasteiger partial charge in [0.2, 0.25) is 0 Å². The fourth-order valence-corrected chi connectivity index (χ4v) is 1.30. The van der Waals surface area contributed by atoms with Gasteiger partial charge in [-0.3, -0.25) is 9.59 Å². The van der Waals surface area contributed by atoms with Crippen LogP contribution in [-0.2, 0) is 9.59 Å². The molecule has 2 N–H and O–H groups in total. The Labute approximate surface area is 179 Å². The van der Waals surface area contributed by atoms with Gasteiger partial charge in [0.1, 0.15) is 6.42 Å². The summed E-state index contributed by atoms with van der Waals surface area (Å²) in [7, 11) is 0. The Morgan fingerprint density at radius 1 is 1.10 bits per heavy atom. The summed E-state index contributed by atoms with van der Waals surface area (Å²) in [6.45, 7) is 10.9. The van der Waals surface area contributed by atoms with Crippen LogP contribution < -0.4 is 70.2 Å². The third-order valence-electron chi connectivity index (χ3n) is 2.67. The largest absolute Gasteiger partial charge is 1.00 e. The van der Waals surface area contributed by atoms with E-state index in [1.807, 2.05) is 0 Å². The van der Waals surface area contributed by atoms with Crippen LogP contribution in [0.1, 0.15) is 60.7 Å². The van der Waals surface area contributed by atoms with Crippen LogP contribution in [0.3, 0.4) is 0 Å². The molecule has 0 rings (SSSR count). The maximum absolute atomic E-state index is 9.43. The second kappa shape index (κ2) is 20.2. The van der Waals surface area contributed by atoms with Gasteiger partial charge in [0, 0.05) is 0 Å². The van der Waals surface area contributed by atoms with Crippen LogP contribution in [0, 0.1) is 18.8 Å². The van der Waals surface area contributed by atoms with Crippen LogP contribution in [0.25, 0.3) is 0 Å². The molecule has 0 spiro atoms. The van der Waals surface area contributed by atoms with E-state index in [9.17, 15) is 9.59 Å². The topological polar surface area (TPSA) is 74.6 Å². The Kier molecular flexibility index (Phi) is 29.5. The van der Waals surface area contributed by atoms with Crippen LogP contribution in [0.4, 0.5) is 0 Å². The molecular weight excluding hydrogens is 278 g/mol. The van der Waals surface area contributed by atoms with E-state index >= 15 is 0 Å². The van der Waals surface area contributed by atoms with Gasteiger partial charge in [-0.15, -0.1) is 0 Å². The monoisotopic (exact) mass is 306 g/mol. The maximum Gasteiger partial charge on any atom is 1.00 e. The average Bonchev–Trinajstić information content (AvgIpc) is 2.22. The fourth-order valence-electron chi connectivity index (χ4n) is 1.30. The van der Waals surface area contributed by atoms with Crippen molar-refractivity contribution >= 4 is 11.9 Å². The average molecular weight is 306 g/mol. The van der Waals surface area contributed by atoms with Crippen LogP contribution in [0.5, 0.6) is 0 Å². The van der Waals surface area contributed by atoms with Crippen LogP contribution in [0.15, 0.2) is 0 Å². The zero-order chi connectivity index (χ0) is 14.6. The van der Waals surface area contributed by atoms with E-state index in [4.69, 9.17) is 10.2 Å². The molecule has 110 valence electrons. The van der Waals surface area contributed by atoms with Gasteiger partial charge in [-0.1, -0.05) is 58.8 Å².